The molecule has 3 fully saturated rings. The second-order valence-corrected chi connectivity index (χ2v) is 12.1. The lowest BCUT2D eigenvalue weighted by Crippen LogP contribution is -2.58. The highest BCUT2D eigenvalue weighted by molar-refractivity contribution is 7.22. The third kappa shape index (κ3) is 3.78. The smallest absolute Gasteiger partial charge is 0.228 e. The fourth-order valence-electron chi connectivity index (χ4n) is 5.91. The number of nitrogens with zero attached hydrogens (tertiary/aromatic N) is 6. The van der Waals surface area contributed by atoms with Gasteiger partial charge in [-0.1, -0.05) is 22.9 Å². The molecular formula is C26H27ClF2N8S. The Labute approximate surface area is 227 Å². The number of benzene rings is 2. The Balaban J connectivity index is 1.42. The van der Waals surface area contributed by atoms with Crippen molar-refractivity contribution >= 4 is 61.0 Å². The Morgan fingerprint density at radius 2 is 1.76 bits per heavy atom. The van der Waals surface area contributed by atoms with Gasteiger partial charge in [-0.15, -0.1) is 0 Å². The van der Waals surface area contributed by atoms with E-state index in [1.165, 1.54) is 12.1 Å². The van der Waals surface area contributed by atoms with E-state index >= 15 is 4.39 Å². The zero-order valence-electron chi connectivity index (χ0n) is 21.0. The Hall–Kier alpha value is -2.86. The van der Waals surface area contributed by atoms with Gasteiger partial charge in [-0.25, -0.2) is 18.7 Å². The second-order valence-electron chi connectivity index (χ2n) is 10.7. The number of halogens is 3. The van der Waals surface area contributed by atoms with Crippen LogP contribution < -0.4 is 20.9 Å². The molecule has 2 unspecified atom stereocenters. The molecular weight excluding hydrogens is 530 g/mol. The van der Waals surface area contributed by atoms with Crippen molar-refractivity contribution in [3.8, 4) is 11.1 Å². The minimum absolute atomic E-state index is 0.139. The van der Waals surface area contributed by atoms with E-state index in [9.17, 15) is 4.39 Å². The van der Waals surface area contributed by atoms with Crippen LogP contribution in [-0.4, -0.2) is 78.3 Å². The standard InChI is InChI=1S/C26H27ClF2N8S/c1-35(2)14-10-37(11-14)26-33-21-16(24(34-26)36-8-12-3-4-13(9-36)31-12)7-17(27)19(20(21)29)15-5-6-18(28)23-22(15)32-25(30)38-23/h5-7,12-14,31H,3-4,8-11H2,1-2H3,(H2,30,32). The molecule has 7 rings (SSSR count). The number of aromatic nitrogens is 3. The van der Waals surface area contributed by atoms with Gasteiger partial charge >= 0.3 is 0 Å². The van der Waals surface area contributed by atoms with Crippen molar-refractivity contribution in [2.75, 3.05) is 55.8 Å². The van der Waals surface area contributed by atoms with Gasteiger partial charge in [0.15, 0.2) is 10.9 Å². The minimum atomic E-state index is -0.570. The SMILES string of the molecule is CN(C)C1CN(c2nc(N3CC4CCC(C3)N4)c3cc(Cl)c(-c4ccc(F)c5sc(N)nc45)c(F)c3n2)C1. The first-order chi connectivity index (χ1) is 18.3. The number of anilines is 3. The quantitative estimate of drug-likeness (QED) is 0.388. The molecule has 3 aliphatic rings. The van der Waals surface area contributed by atoms with E-state index in [0.717, 1.165) is 50.4 Å². The summed E-state index contributed by atoms with van der Waals surface area (Å²) in [4.78, 5) is 20.5. The summed E-state index contributed by atoms with van der Waals surface area (Å²) in [5, 5.41) is 4.62. The van der Waals surface area contributed by atoms with Crippen molar-refractivity contribution in [2.24, 2.45) is 0 Å². The van der Waals surface area contributed by atoms with Crippen LogP contribution in [0, 0.1) is 11.6 Å². The number of rotatable bonds is 4. The molecule has 2 aromatic heterocycles. The molecule has 3 saturated heterocycles. The number of thiazole rings is 1. The lowest BCUT2D eigenvalue weighted by atomic mass is 10.0. The normalized spacial score (nSPS) is 21.7. The van der Waals surface area contributed by atoms with Gasteiger partial charge in [-0.05, 0) is 45.1 Å². The van der Waals surface area contributed by atoms with Gasteiger partial charge in [-0.2, -0.15) is 4.98 Å². The highest BCUT2D eigenvalue weighted by Crippen LogP contribution is 2.43. The highest BCUT2D eigenvalue weighted by Gasteiger charge is 2.36. The van der Waals surface area contributed by atoms with Crippen LogP contribution in [-0.2, 0) is 0 Å². The van der Waals surface area contributed by atoms with Crippen LogP contribution in [0.25, 0.3) is 32.2 Å². The molecule has 198 valence electrons. The summed E-state index contributed by atoms with van der Waals surface area (Å²) >= 11 is 7.80. The summed E-state index contributed by atoms with van der Waals surface area (Å²) < 4.78 is 31.3. The van der Waals surface area contributed by atoms with Crippen LogP contribution in [0.1, 0.15) is 12.8 Å². The lowest BCUT2D eigenvalue weighted by Gasteiger charge is -2.43. The van der Waals surface area contributed by atoms with Crippen molar-refractivity contribution in [2.45, 2.75) is 31.0 Å². The predicted molar refractivity (Wildman–Crippen MR) is 149 cm³/mol. The van der Waals surface area contributed by atoms with Gasteiger partial charge < -0.3 is 25.8 Å². The number of nitrogen functional groups attached to an aromatic ring is 1. The van der Waals surface area contributed by atoms with Gasteiger partial charge in [-0.3, -0.25) is 0 Å². The summed E-state index contributed by atoms with van der Waals surface area (Å²) in [5.74, 6) is 0.181. The van der Waals surface area contributed by atoms with Gasteiger partial charge in [0.25, 0.3) is 0 Å². The van der Waals surface area contributed by atoms with Gasteiger partial charge in [0.1, 0.15) is 17.2 Å². The molecule has 2 bridgehead atoms. The Morgan fingerprint density at radius 3 is 2.47 bits per heavy atom. The minimum Gasteiger partial charge on any atom is -0.375 e. The zero-order valence-corrected chi connectivity index (χ0v) is 22.6. The van der Waals surface area contributed by atoms with Crippen LogP contribution >= 0.6 is 22.9 Å². The molecule has 12 heteroatoms. The Kier molecular flexibility index (Phi) is 5.63. The molecule has 0 aliphatic carbocycles. The first kappa shape index (κ1) is 24.2. The maximum absolute atomic E-state index is 16.6. The van der Waals surface area contributed by atoms with Crippen molar-refractivity contribution in [1.82, 2.24) is 25.2 Å². The Bertz CT molecular complexity index is 1580. The molecule has 3 N–H and O–H groups in total. The summed E-state index contributed by atoms with van der Waals surface area (Å²) in [6.07, 6.45) is 2.23. The van der Waals surface area contributed by atoms with Crippen molar-refractivity contribution < 1.29 is 8.78 Å². The molecule has 0 amide bonds. The summed E-state index contributed by atoms with van der Waals surface area (Å²) in [7, 11) is 4.10. The molecule has 0 saturated carbocycles. The number of nitrogens with two attached hydrogens (primary N) is 1. The summed E-state index contributed by atoms with van der Waals surface area (Å²) in [5.41, 5.74) is 6.90. The topological polar surface area (TPSA) is 86.4 Å². The largest absolute Gasteiger partial charge is 0.375 e. The lowest BCUT2D eigenvalue weighted by molar-refractivity contribution is 0.245. The fraction of sp³-hybridized carbons (Fsp3) is 0.423. The molecule has 38 heavy (non-hydrogen) atoms. The number of likely N-dealkylation sites (N-methyl/N-ethyl adjacent to an activating group) is 1. The van der Waals surface area contributed by atoms with E-state index in [4.69, 9.17) is 27.3 Å². The maximum atomic E-state index is 16.6. The number of nitrogens with one attached hydrogen (secondary N) is 1. The molecule has 0 spiro atoms. The first-order valence-electron chi connectivity index (χ1n) is 12.7. The highest BCUT2D eigenvalue weighted by atomic mass is 35.5. The number of piperazine rings is 1. The van der Waals surface area contributed by atoms with Gasteiger partial charge in [0, 0.05) is 60.8 Å². The van der Waals surface area contributed by atoms with E-state index in [1.54, 1.807) is 6.07 Å². The molecule has 8 nitrogen and oxygen atoms in total. The van der Waals surface area contributed by atoms with Crippen LogP contribution in [0.2, 0.25) is 5.02 Å². The van der Waals surface area contributed by atoms with Crippen LogP contribution in [0.4, 0.5) is 25.7 Å². The third-order valence-electron chi connectivity index (χ3n) is 8.02. The average molecular weight is 557 g/mol. The summed E-state index contributed by atoms with van der Waals surface area (Å²) in [6, 6.07) is 5.69. The maximum Gasteiger partial charge on any atom is 0.228 e. The van der Waals surface area contributed by atoms with Crippen molar-refractivity contribution in [1.29, 1.82) is 0 Å². The van der Waals surface area contributed by atoms with Crippen LogP contribution in [0.5, 0.6) is 0 Å². The molecule has 0 radical (unpaired) electrons. The van der Waals surface area contributed by atoms with Crippen LogP contribution in [0.3, 0.4) is 0 Å². The van der Waals surface area contributed by atoms with E-state index in [2.05, 4.69) is 25.0 Å². The van der Waals surface area contributed by atoms with E-state index in [-0.39, 0.29) is 31.5 Å². The number of hydrogen-bond donors (Lipinski definition) is 2. The summed E-state index contributed by atoms with van der Waals surface area (Å²) in [6.45, 7) is 3.12. The second kappa shape index (κ2) is 8.84. The molecule has 2 atom stereocenters. The van der Waals surface area contributed by atoms with Gasteiger partial charge in [0.2, 0.25) is 5.95 Å². The molecule has 2 aromatic carbocycles. The van der Waals surface area contributed by atoms with Crippen molar-refractivity contribution in [3.63, 3.8) is 0 Å². The van der Waals surface area contributed by atoms with Gasteiger partial charge in [0.05, 0.1) is 15.2 Å². The molecule has 3 aliphatic heterocycles. The zero-order chi connectivity index (χ0) is 26.3. The monoisotopic (exact) mass is 556 g/mol. The molecule has 5 heterocycles. The molecule has 4 aromatic rings. The third-order valence-corrected chi connectivity index (χ3v) is 9.21. The van der Waals surface area contributed by atoms with E-state index < -0.39 is 11.6 Å². The first-order valence-corrected chi connectivity index (χ1v) is 13.9. The Morgan fingerprint density at radius 1 is 1.03 bits per heavy atom. The van der Waals surface area contributed by atoms with Crippen LogP contribution in [0.15, 0.2) is 18.2 Å². The van der Waals surface area contributed by atoms with Crippen molar-refractivity contribution in [3.05, 3.63) is 34.9 Å². The van der Waals surface area contributed by atoms with E-state index in [0.29, 0.717) is 40.8 Å². The number of fused-ring (bicyclic) bond motifs is 4. The fourth-order valence-corrected chi connectivity index (χ4v) is 6.96. The predicted octanol–water partition coefficient (Wildman–Crippen LogP) is 4.11. The number of hydrogen-bond acceptors (Lipinski definition) is 9. The van der Waals surface area contributed by atoms with E-state index in [1.807, 2.05) is 14.1 Å². The average Bonchev–Trinajstić information content (AvgIpc) is 3.40.